The van der Waals surface area contributed by atoms with Crippen molar-refractivity contribution in [2.24, 2.45) is 0 Å². The Morgan fingerprint density at radius 3 is 2.31 bits per heavy atom. The molecule has 3 nitrogen and oxygen atoms in total. The van der Waals surface area contributed by atoms with Gasteiger partial charge >= 0.3 is 0 Å². The van der Waals surface area contributed by atoms with Crippen LogP contribution in [0, 0.1) is 0 Å². The number of hydrogen-bond acceptors (Lipinski definition) is 2. The van der Waals surface area contributed by atoms with Crippen LogP contribution in [0.4, 0.5) is 5.69 Å². The van der Waals surface area contributed by atoms with Crippen LogP contribution in [-0.2, 0) is 4.79 Å². The number of carbonyl (C=O) groups excluding carboxylic acids is 1. The largest absolute Gasteiger partial charge is 0.272 e. The molecule has 0 bridgehead atoms. The molecule has 2 unspecified atom stereocenters. The van der Waals surface area contributed by atoms with Crippen molar-refractivity contribution in [2.75, 3.05) is 12.1 Å². The molecule has 1 saturated heterocycles. The number of hydrogen-bond donors (Lipinski definition) is 0. The number of halogens is 2. The van der Waals surface area contributed by atoms with Gasteiger partial charge in [-0.3, -0.25) is 4.79 Å². The lowest BCUT2D eigenvalue weighted by Crippen LogP contribution is -2.43. The SMILES string of the molecule is CN1N(c2ccccc2)C(=O)C(I)C1(C)I. The summed E-state index contributed by atoms with van der Waals surface area (Å²) in [6.45, 7) is 2.07. The lowest BCUT2D eigenvalue weighted by Gasteiger charge is -2.31. The van der Waals surface area contributed by atoms with E-state index in [1.807, 2.05) is 42.4 Å². The maximum absolute atomic E-state index is 12.2. The molecule has 1 aromatic rings. The third kappa shape index (κ3) is 1.86. The highest BCUT2D eigenvalue weighted by molar-refractivity contribution is 14.1. The van der Waals surface area contributed by atoms with Gasteiger partial charge in [0.2, 0.25) is 0 Å². The molecule has 1 aliphatic heterocycles. The zero-order chi connectivity index (χ0) is 11.9. The molecule has 1 aromatic carbocycles. The molecule has 16 heavy (non-hydrogen) atoms. The molecule has 0 aromatic heterocycles. The first kappa shape index (κ1) is 12.6. The van der Waals surface area contributed by atoms with Crippen molar-refractivity contribution < 1.29 is 4.79 Å². The third-order valence-electron chi connectivity index (χ3n) is 2.82. The van der Waals surface area contributed by atoms with Gasteiger partial charge in [-0.1, -0.05) is 63.4 Å². The lowest BCUT2D eigenvalue weighted by molar-refractivity contribution is -0.117. The lowest BCUT2D eigenvalue weighted by atomic mass is 10.2. The molecule has 0 aliphatic carbocycles. The van der Waals surface area contributed by atoms with Crippen molar-refractivity contribution >= 4 is 56.8 Å². The van der Waals surface area contributed by atoms with E-state index >= 15 is 0 Å². The van der Waals surface area contributed by atoms with Gasteiger partial charge in [0.15, 0.2) is 0 Å². The second kappa shape index (κ2) is 4.41. The van der Waals surface area contributed by atoms with Crippen molar-refractivity contribution in [3.05, 3.63) is 30.3 Å². The van der Waals surface area contributed by atoms with E-state index in [1.165, 1.54) is 0 Å². The van der Waals surface area contributed by atoms with Gasteiger partial charge in [-0.05, 0) is 19.1 Å². The normalized spacial score (nSPS) is 31.1. The number of hydrazine groups is 1. The Balaban J connectivity index is 2.41. The fourth-order valence-corrected chi connectivity index (χ4v) is 2.86. The standard InChI is InChI=1S/C11H12I2N2O/c1-11(13)9(12)10(16)15(14(11)2)8-6-4-3-5-7-8/h3-7,9H,1-2H3. The quantitative estimate of drug-likeness (QED) is 0.380. The van der Waals surface area contributed by atoms with Crippen molar-refractivity contribution in [1.82, 2.24) is 5.01 Å². The zero-order valence-corrected chi connectivity index (χ0v) is 13.3. The molecule has 0 N–H and O–H groups in total. The number of rotatable bonds is 1. The smallest absolute Gasteiger partial charge is 0.257 e. The summed E-state index contributed by atoms with van der Waals surface area (Å²) in [6.07, 6.45) is 0. The highest BCUT2D eigenvalue weighted by Crippen LogP contribution is 2.41. The summed E-state index contributed by atoms with van der Waals surface area (Å²) in [6, 6.07) is 9.75. The third-order valence-corrected chi connectivity index (χ3v) is 7.08. The number of carbonyl (C=O) groups is 1. The van der Waals surface area contributed by atoms with Crippen LogP contribution < -0.4 is 5.01 Å². The number of nitrogens with zero attached hydrogens (tertiary/aromatic N) is 2. The molecule has 86 valence electrons. The predicted octanol–water partition coefficient (Wildman–Crippen LogP) is 2.83. The average molecular weight is 442 g/mol. The molecule has 0 spiro atoms. The molecule has 0 saturated carbocycles. The fourth-order valence-electron chi connectivity index (χ4n) is 1.71. The van der Waals surface area contributed by atoms with Gasteiger partial charge in [0.1, 0.15) is 7.47 Å². The Bertz CT molecular complexity index is 408. The molecular weight excluding hydrogens is 430 g/mol. The minimum Gasteiger partial charge on any atom is -0.272 e. The Kier molecular flexibility index (Phi) is 3.47. The maximum atomic E-state index is 12.2. The van der Waals surface area contributed by atoms with E-state index in [-0.39, 0.29) is 13.4 Å². The number of amides is 1. The van der Waals surface area contributed by atoms with Gasteiger partial charge in [-0.25, -0.2) is 5.01 Å². The van der Waals surface area contributed by atoms with Crippen molar-refractivity contribution in [2.45, 2.75) is 14.4 Å². The second-order valence-corrected chi connectivity index (χ2v) is 7.33. The number of benzene rings is 1. The van der Waals surface area contributed by atoms with Crippen LogP contribution in [0.1, 0.15) is 6.92 Å². The first-order valence-electron chi connectivity index (χ1n) is 4.92. The van der Waals surface area contributed by atoms with Gasteiger partial charge in [0.25, 0.3) is 5.91 Å². The van der Waals surface area contributed by atoms with E-state index in [0.29, 0.717) is 0 Å². The highest BCUT2D eigenvalue weighted by Gasteiger charge is 2.51. The summed E-state index contributed by atoms with van der Waals surface area (Å²) in [4.78, 5) is 12.2. The zero-order valence-electron chi connectivity index (χ0n) is 9.02. The molecule has 2 rings (SSSR count). The van der Waals surface area contributed by atoms with Crippen molar-refractivity contribution in [1.29, 1.82) is 0 Å². The van der Waals surface area contributed by atoms with Crippen LogP contribution >= 0.6 is 45.2 Å². The molecule has 1 amide bonds. The Labute approximate surface area is 122 Å². The maximum Gasteiger partial charge on any atom is 0.257 e. The molecule has 1 aliphatic rings. The monoisotopic (exact) mass is 442 g/mol. The van der Waals surface area contributed by atoms with Gasteiger partial charge in [0.05, 0.1) is 5.69 Å². The summed E-state index contributed by atoms with van der Waals surface area (Å²) in [5.74, 6) is 0.145. The first-order chi connectivity index (χ1) is 7.46. The Hall–Kier alpha value is 0.110. The van der Waals surface area contributed by atoms with E-state index in [2.05, 4.69) is 52.1 Å². The van der Waals surface area contributed by atoms with Crippen LogP contribution in [0.2, 0.25) is 0 Å². The second-order valence-electron chi connectivity index (χ2n) is 3.90. The van der Waals surface area contributed by atoms with Crippen molar-refractivity contribution in [3.63, 3.8) is 0 Å². The van der Waals surface area contributed by atoms with Crippen LogP contribution in [-0.4, -0.2) is 25.4 Å². The van der Waals surface area contributed by atoms with Crippen LogP contribution in [0.15, 0.2) is 30.3 Å². The molecule has 5 heteroatoms. The molecule has 1 fully saturated rings. The fraction of sp³-hybridized carbons (Fsp3) is 0.364. The van der Waals surface area contributed by atoms with Crippen LogP contribution in [0.5, 0.6) is 0 Å². The molecule has 1 heterocycles. The van der Waals surface area contributed by atoms with E-state index in [1.54, 1.807) is 5.01 Å². The summed E-state index contributed by atoms with van der Waals surface area (Å²) >= 11 is 4.55. The Morgan fingerprint density at radius 1 is 1.31 bits per heavy atom. The van der Waals surface area contributed by atoms with E-state index in [4.69, 9.17) is 0 Å². The number of alkyl halides is 2. The van der Waals surface area contributed by atoms with E-state index in [9.17, 15) is 4.79 Å². The summed E-state index contributed by atoms with van der Waals surface area (Å²) in [5.41, 5.74) is 0.928. The molecule has 0 radical (unpaired) electrons. The Morgan fingerprint density at radius 2 is 1.88 bits per heavy atom. The minimum absolute atomic E-state index is 0.0316. The number of para-hydroxylation sites is 1. The summed E-state index contributed by atoms with van der Waals surface area (Å²) in [7, 11) is 1.95. The van der Waals surface area contributed by atoms with Gasteiger partial charge < -0.3 is 0 Å². The number of anilines is 1. The average Bonchev–Trinajstić information content (AvgIpc) is 2.42. The van der Waals surface area contributed by atoms with Crippen molar-refractivity contribution in [3.8, 4) is 0 Å². The summed E-state index contributed by atoms with van der Waals surface area (Å²) in [5, 5.41) is 3.76. The molecule has 2 atom stereocenters. The predicted molar refractivity (Wildman–Crippen MR) is 81.9 cm³/mol. The van der Waals surface area contributed by atoms with Crippen LogP contribution in [0.25, 0.3) is 0 Å². The topological polar surface area (TPSA) is 23.6 Å². The van der Waals surface area contributed by atoms with Gasteiger partial charge in [-0.15, -0.1) is 0 Å². The van der Waals surface area contributed by atoms with Gasteiger partial charge in [-0.2, -0.15) is 5.01 Å². The minimum atomic E-state index is -0.175. The van der Waals surface area contributed by atoms with E-state index in [0.717, 1.165) is 5.69 Å². The molecular formula is C11H12I2N2O. The first-order valence-corrected chi connectivity index (χ1v) is 7.24. The van der Waals surface area contributed by atoms with Gasteiger partial charge in [0, 0.05) is 7.05 Å². The highest BCUT2D eigenvalue weighted by atomic mass is 127. The summed E-state index contributed by atoms with van der Waals surface area (Å²) < 4.78 is -0.207. The van der Waals surface area contributed by atoms with Crippen LogP contribution in [0.3, 0.4) is 0 Å². The van der Waals surface area contributed by atoms with E-state index < -0.39 is 0 Å².